The first kappa shape index (κ1) is 26.1. The Bertz CT molecular complexity index is 668. The van der Waals surface area contributed by atoms with Crippen molar-refractivity contribution in [3.63, 3.8) is 0 Å². The predicted molar refractivity (Wildman–Crippen MR) is 124 cm³/mol. The van der Waals surface area contributed by atoms with Gasteiger partial charge in [0.2, 0.25) is 21.8 Å². The molecule has 0 aliphatic carbocycles. The third-order valence-electron chi connectivity index (χ3n) is 6.58. The highest BCUT2D eigenvalue weighted by Gasteiger charge is 2.43. The Morgan fingerprint density at radius 2 is 1.39 bits per heavy atom. The van der Waals surface area contributed by atoms with Crippen molar-refractivity contribution in [2.45, 2.75) is 109 Å². The van der Waals surface area contributed by atoms with Crippen LogP contribution in [0.4, 0.5) is 0 Å². The Hall–Kier alpha value is -1.15. The largest absolute Gasteiger partial charge is 0.354 e. The van der Waals surface area contributed by atoms with Crippen LogP contribution in [0.25, 0.3) is 0 Å². The van der Waals surface area contributed by atoms with Crippen LogP contribution in [0.2, 0.25) is 0 Å². The van der Waals surface area contributed by atoms with Crippen molar-refractivity contribution in [3.8, 4) is 0 Å². The minimum absolute atomic E-state index is 0.0920. The normalized spacial score (nSPS) is 22.2. The highest BCUT2D eigenvalue weighted by atomic mass is 32.2. The van der Waals surface area contributed by atoms with Gasteiger partial charge in [0, 0.05) is 19.6 Å². The van der Waals surface area contributed by atoms with Crippen LogP contribution < -0.4 is 5.32 Å². The van der Waals surface area contributed by atoms with E-state index in [-0.39, 0.29) is 11.8 Å². The zero-order chi connectivity index (χ0) is 22.7. The number of carbonyl (C=O) groups is 2. The third-order valence-corrected chi connectivity index (χ3v) is 7.87. The molecule has 2 heterocycles. The van der Waals surface area contributed by atoms with Gasteiger partial charge in [0.15, 0.2) is 0 Å². The fourth-order valence-electron chi connectivity index (χ4n) is 4.82. The van der Waals surface area contributed by atoms with Crippen molar-refractivity contribution in [3.05, 3.63) is 0 Å². The van der Waals surface area contributed by atoms with Crippen molar-refractivity contribution >= 4 is 21.8 Å². The Morgan fingerprint density at radius 1 is 0.839 bits per heavy atom. The maximum atomic E-state index is 13.0. The number of sulfonamides is 1. The average Bonchev–Trinajstić information content (AvgIpc) is 3.41. The molecule has 8 heteroatoms. The summed E-state index contributed by atoms with van der Waals surface area (Å²) < 4.78 is 25.3. The second kappa shape index (κ2) is 13.4. The third kappa shape index (κ3) is 8.37. The summed E-state index contributed by atoms with van der Waals surface area (Å²) in [6.07, 6.45) is 16.4. The number of hydrogen-bond acceptors (Lipinski definition) is 4. The molecule has 2 saturated heterocycles. The molecule has 0 saturated carbocycles. The minimum Gasteiger partial charge on any atom is -0.354 e. The molecule has 0 aromatic heterocycles. The van der Waals surface area contributed by atoms with Gasteiger partial charge >= 0.3 is 0 Å². The van der Waals surface area contributed by atoms with E-state index in [0.29, 0.717) is 38.9 Å². The van der Waals surface area contributed by atoms with E-state index < -0.39 is 22.1 Å². The number of carbonyl (C=O) groups excluding carboxylic acids is 2. The first-order chi connectivity index (χ1) is 14.9. The van der Waals surface area contributed by atoms with E-state index in [0.717, 1.165) is 25.5 Å². The van der Waals surface area contributed by atoms with Gasteiger partial charge in [0.1, 0.15) is 12.1 Å². The van der Waals surface area contributed by atoms with Gasteiger partial charge in [-0.3, -0.25) is 9.59 Å². The summed E-state index contributed by atoms with van der Waals surface area (Å²) in [6, 6.07) is -1.11. The predicted octanol–water partition coefficient (Wildman–Crippen LogP) is 3.44. The molecule has 180 valence electrons. The fourth-order valence-corrected chi connectivity index (χ4v) is 5.94. The second-order valence-corrected chi connectivity index (χ2v) is 11.1. The minimum atomic E-state index is -3.41. The maximum Gasteiger partial charge on any atom is 0.242 e. The van der Waals surface area contributed by atoms with Crippen LogP contribution in [0.5, 0.6) is 0 Å². The van der Waals surface area contributed by atoms with Crippen LogP contribution in [-0.2, 0) is 19.6 Å². The molecule has 0 aromatic rings. The number of likely N-dealkylation sites (tertiary alicyclic amines) is 1. The lowest BCUT2D eigenvalue weighted by atomic mass is 10.1. The second-order valence-electron chi connectivity index (χ2n) is 9.19. The summed E-state index contributed by atoms with van der Waals surface area (Å²) in [6.45, 7) is 3.80. The number of amides is 2. The Balaban J connectivity index is 1.66. The molecule has 31 heavy (non-hydrogen) atoms. The quantitative estimate of drug-likeness (QED) is 0.405. The molecular weight excluding hydrogens is 414 g/mol. The highest BCUT2D eigenvalue weighted by molar-refractivity contribution is 7.88. The summed E-state index contributed by atoms with van der Waals surface area (Å²) in [7, 11) is -3.41. The molecule has 2 aliphatic rings. The molecule has 2 fully saturated rings. The monoisotopic (exact) mass is 457 g/mol. The summed E-state index contributed by atoms with van der Waals surface area (Å²) in [5.74, 6) is -0.301. The number of rotatable bonds is 14. The smallest absolute Gasteiger partial charge is 0.242 e. The van der Waals surface area contributed by atoms with E-state index in [1.165, 1.54) is 55.7 Å². The van der Waals surface area contributed by atoms with Gasteiger partial charge in [-0.25, -0.2) is 8.42 Å². The molecule has 0 aromatic carbocycles. The molecular formula is C23H43N3O4S. The maximum absolute atomic E-state index is 13.0. The van der Waals surface area contributed by atoms with Gasteiger partial charge in [0.25, 0.3) is 0 Å². The lowest BCUT2D eigenvalue weighted by Gasteiger charge is -2.29. The van der Waals surface area contributed by atoms with Crippen LogP contribution in [0.1, 0.15) is 96.8 Å². The lowest BCUT2D eigenvalue weighted by Crippen LogP contribution is -2.52. The first-order valence-electron chi connectivity index (χ1n) is 12.4. The van der Waals surface area contributed by atoms with Gasteiger partial charge in [-0.15, -0.1) is 0 Å². The molecule has 2 unspecified atom stereocenters. The fraction of sp³-hybridized carbons (Fsp3) is 0.913. The number of hydrogen-bond donors (Lipinski definition) is 1. The SMILES string of the molecule is CCCCCCCCCCCCNC(=O)C1CCCN1C(=O)C1CCCN1S(C)(=O)=O. The zero-order valence-electron chi connectivity index (χ0n) is 19.6. The first-order valence-corrected chi connectivity index (χ1v) is 14.3. The van der Waals surface area contributed by atoms with E-state index >= 15 is 0 Å². The Kier molecular flexibility index (Phi) is 11.3. The molecule has 2 amide bonds. The molecule has 2 atom stereocenters. The Labute approximate surface area is 189 Å². The van der Waals surface area contributed by atoms with E-state index in [9.17, 15) is 18.0 Å². The van der Waals surface area contributed by atoms with Gasteiger partial charge in [0.05, 0.1) is 6.26 Å². The van der Waals surface area contributed by atoms with Crippen molar-refractivity contribution < 1.29 is 18.0 Å². The van der Waals surface area contributed by atoms with Crippen LogP contribution in [0.15, 0.2) is 0 Å². The topological polar surface area (TPSA) is 86.8 Å². The van der Waals surface area contributed by atoms with Crippen LogP contribution in [-0.4, -0.2) is 67.4 Å². The van der Waals surface area contributed by atoms with Crippen LogP contribution >= 0.6 is 0 Å². The van der Waals surface area contributed by atoms with E-state index in [1.807, 2.05) is 0 Å². The summed E-state index contributed by atoms with van der Waals surface area (Å²) in [5.41, 5.74) is 0. The highest BCUT2D eigenvalue weighted by Crippen LogP contribution is 2.26. The summed E-state index contributed by atoms with van der Waals surface area (Å²) >= 11 is 0. The Morgan fingerprint density at radius 3 is 2.00 bits per heavy atom. The number of nitrogens with one attached hydrogen (secondary N) is 1. The summed E-state index contributed by atoms with van der Waals surface area (Å²) in [5, 5.41) is 3.00. The molecule has 2 rings (SSSR count). The number of unbranched alkanes of at least 4 members (excludes halogenated alkanes) is 9. The molecule has 2 aliphatic heterocycles. The lowest BCUT2D eigenvalue weighted by molar-refractivity contribution is -0.140. The van der Waals surface area contributed by atoms with Crippen molar-refractivity contribution in [2.75, 3.05) is 25.9 Å². The molecule has 1 N–H and O–H groups in total. The van der Waals surface area contributed by atoms with Crippen molar-refractivity contribution in [1.29, 1.82) is 0 Å². The zero-order valence-corrected chi connectivity index (χ0v) is 20.4. The van der Waals surface area contributed by atoms with Crippen LogP contribution in [0.3, 0.4) is 0 Å². The van der Waals surface area contributed by atoms with Crippen molar-refractivity contribution in [2.24, 2.45) is 0 Å². The molecule has 7 nitrogen and oxygen atoms in total. The molecule has 0 radical (unpaired) electrons. The van der Waals surface area contributed by atoms with Gasteiger partial charge in [-0.05, 0) is 32.1 Å². The van der Waals surface area contributed by atoms with Crippen molar-refractivity contribution in [1.82, 2.24) is 14.5 Å². The van der Waals surface area contributed by atoms with E-state index in [4.69, 9.17) is 0 Å². The number of nitrogens with zero attached hydrogens (tertiary/aromatic N) is 2. The average molecular weight is 458 g/mol. The van der Waals surface area contributed by atoms with Gasteiger partial charge < -0.3 is 10.2 Å². The molecule has 0 bridgehead atoms. The standard InChI is InChI=1S/C23H43N3O4S/c1-3-4-5-6-7-8-9-10-11-12-17-24-22(27)20-15-13-18-25(20)23(28)21-16-14-19-26(21)31(2,29)30/h20-21H,3-19H2,1-2H3,(H,24,27). The van der Waals surface area contributed by atoms with Crippen LogP contribution in [0, 0.1) is 0 Å². The molecule has 0 spiro atoms. The van der Waals surface area contributed by atoms with E-state index in [2.05, 4.69) is 12.2 Å². The van der Waals surface area contributed by atoms with E-state index in [1.54, 1.807) is 4.90 Å². The summed E-state index contributed by atoms with van der Waals surface area (Å²) in [4.78, 5) is 27.3. The van der Waals surface area contributed by atoms with Gasteiger partial charge in [-0.2, -0.15) is 4.31 Å². The van der Waals surface area contributed by atoms with Gasteiger partial charge in [-0.1, -0.05) is 64.7 Å².